The molecule has 8 aromatic rings. The van der Waals surface area contributed by atoms with E-state index in [1.165, 1.54) is 5.56 Å². The molecule has 0 aliphatic carbocycles. The first-order valence-electron chi connectivity index (χ1n) is 18.1. The van der Waals surface area contributed by atoms with Crippen molar-refractivity contribution in [2.24, 2.45) is 0 Å². The minimum atomic E-state index is -0.856. The predicted octanol–water partition coefficient (Wildman–Crippen LogP) is 9.46. The molecule has 0 bridgehead atoms. The molecule has 7 nitrogen and oxygen atoms in total. The molecule has 0 amide bonds. The van der Waals surface area contributed by atoms with E-state index in [2.05, 4.69) is 158 Å². The number of fused-ring (bicyclic) bond motifs is 1. The van der Waals surface area contributed by atoms with Gasteiger partial charge in [0.25, 0.3) is 0 Å². The van der Waals surface area contributed by atoms with Crippen LogP contribution < -0.4 is 0 Å². The largest absolute Gasteiger partial charge is 0.308 e. The molecule has 0 saturated heterocycles. The molecular formula is C46H41N7. The first-order valence-corrected chi connectivity index (χ1v) is 18.1. The van der Waals surface area contributed by atoms with E-state index >= 15 is 0 Å². The second-order valence-corrected chi connectivity index (χ2v) is 13.5. The van der Waals surface area contributed by atoms with Crippen molar-refractivity contribution in [3.63, 3.8) is 0 Å². The van der Waals surface area contributed by atoms with Crippen molar-refractivity contribution in [1.29, 1.82) is 0 Å². The van der Waals surface area contributed by atoms with Crippen LogP contribution in [0.2, 0.25) is 0 Å². The van der Waals surface area contributed by atoms with Crippen molar-refractivity contribution in [2.45, 2.75) is 46.2 Å². The number of hydrogen-bond acceptors (Lipinski definition) is 5. The third-order valence-corrected chi connectivity index (χ3v) is 10.1. The smallest absolute Gasteiger partial charge is 0.179 e. The van der Waals surface area contributed by atoms with E-state index in [-0.39, 0.29) is 0 Å². The molecule has 3 heterocycles. The van der Waals surface area contributed by atoms with Gasteiger partial charge >= 0.3 is 0 Å². The van der Waals surface area contributed by atoms with Gasteiger partial charge in [-0.25, -0.2) is 14.6 Å². The van der Waals surface area contributed by atoms with Gasteiger partial charge in [-0.05, 0) is 81.8 Å². The van der Waals surface area contributed by atoms with Gasteiger partial charge in [-0.1, -0.05) is 153 Å². The van der Waals surface area contributed by atoms with Gasteiger partial charge in [-0.15, -0.1) is 5.10 Å². The van der Waals surface area contributed by atoms with Crippen LogP contribution in [0.4, 0.5) is 0 Å². The summed E-state index contributed by atoms with van der Waals surface area (Å²) >= 11 is 0. The maximum absolute atomic E-state index is 4.97. The summed E-state index contributed by atoms with van der Waals surface area (Å²) in [5.74, 6) is 1.72. The lowest BCUT2D eigenvalue weighted by Crippen LogP contribution is -2.39. The van der Waals surface area contributed by atoms with E-state index < -0.39 is 5.54 Å². The highest BCUT2D eigenvalue weighted by Crippen LogP contribution is 2.42. The van der Waals surface area contributed by atoms with Crippen LogP contribution in [0.5, 0.6) is 0 Å². The zero-order valence-corrected chi connectivity index (χ0v) is 30.5. The number of hydrogen-bond donors (Lipinski definition) is 0. The predicted molar refractivity (Wildman–Crippen MR) is 212 cm³/mol. The molecule has 260 valence electrons. The number of benzene rings is 5. The zero-order chi connectivity index (χ0) is 36.4. The van der Waals surface area contributed by atoms with Crippen molar-refractivity contribution in [3.8, 4) is 0 Å². The Labute approximate surface area is 310 Å². The molecule has 7 heteroatoms. The molecule has 0 aliphatic heterocycles. The van der Waals surface area contributed by atoms with Crippen LogP contribution in [0.1, 0.15) is 70.1 Å². The quantitative estimate of drug-likeness (QED) is 0.134. The van der Waals surface area contributed by atoms with Gasteiger partial charge in [0.2, 0.25) is 0 Å². The lowest BCUT2D eigenvalue weighted by atomic mass is 9.76. The molecule has 0 unspecified atom stereocenters. The van der Waals surface area contributed by atoms with Crippen molar-refractivity contribution in [2.75, 3.05) is 0 Å². The molecule has 0 fully saturated rings. The first-order chi connectivity index (χ1) is 26.0. The van der Waals surface area contributed by atoms with Gasteiger partial charge in [-0.3, -0.25) is 0 Å². The second-order valence-electron chi connectivity index (χ2n) is 13.5. The topological polar surface area (TPSA) is 74.3 Å². The monoisotopic (exact) mass is 691 g/mol. The summed E-state index contributed by atoms with van der Waals surface area (Å²) in [6.07, 6.45) is 0.832. The van der Waals surface area contributed by atoms with Crippen molar-refractivity contribution < 1.29 is 0 Å². The first kappa shape index (κ1) is 33.7. The van der Waals surface area contributed by atoms with Crippen LogP contribution in [0, 0.1) is 13.8 Å². The molecule has 0 N–H and O–H groups in total. The van der Waals surface area contributed by atoms with Gasteiger partial charge < -0.3 is 4.57 Å². The molecule has 0 radical (unpaired) electrons. The Morgan fingerprint density at radius 1 is 0.642 bits per heavy atom. The zero-order valence-electron chi connectivity index (χ0n) is 30.5. The number of tetrazole rings is 1. The number of nitrogens with zero attached hydrogens (tertiary/aromatic N) is 7. The molecule has 3 aromatic heterocycles. The summed E-state index contributed by atoms with van der Waals surface area (Å²) in [5, 5.41) is 14.0. The third kappa shape index (κ3) is 6.04. The van der Waals surface area contributed by atoms with E-state index in [4.69, 9.17) is 20.3 Å². The van der Waals surface area contributed by atoms with E-state index in [1.54, 1.807) is 0 Å². The average molecular weight is 692 g/mol. The lowest BCUT2D eigenvalue weighted by molar-refractivity contribution is 0.442. The average Bonchev–Trinajstić information content (AvgIpc) is 3.83. The maximum atomic E-state index is 4.97. The SMILES string of the molecule is CCc1nc2c(C)cc(C)nc2n1Cc1ccc(/C(=C(/C)c2nnnn2C(c2ccccc2)(c2ccccc2)c2ccccc2)c2ccccc2)cc1. The number of aromatic nitrogens is 7. The molecule has 0 aliphatic rings. The number of rotatable bonds is 10. The Kier molecular flexibility index (Phi) is 9.07. The maximum Gasteiger partial charge on any atom is 0.179 e. The number of imidazole rings is 1. The molecule has 0 spiro atoms. The summed E-state index contributed by atoms with van der Waals surface area (Å²) in [7, 11) is 0. The number of allylic oxidation sites excluding steroid dienone is 1. The van der Waals surface area contributed by atoms with Crippen molar-refractivity contribution >= 4 is 22.3 Å². The van der Waals surface area contributed by atoms with Crippen LogP contribution in [0.3, 0.4) is 0 Å². The highest BCUT2D eigenvalue weighted by molar-refractivity contribution is 5.96. The summed E-state index contributed by atoms with van der Waals surface area (Å²) in [5.41, 5.74) is 11.8. The van der Waals surface area contributed by atoms with Crippen LogP contribution in [0.15, 0.2) is 152 Å². The van der Waals surface area contributed by atoms with Crippen LogP contribution in [0.25, 0.3) is 22.3 Å². The van der Waals surface area contributed by atoms with Gasteiger partial charge in [0, 0.05) is 17.7 Å². The van der Waals surface area contributed by atoms with E-state index in [0.717, 1.165) is 73.6 Å². The van der Waals surface area contributed by atoms with Crippen LogP contribution >= 0.6 is 0 Å². The molecule has 0 atom stereocenters. The lowest BCUT2D eigenvalue weighted by Gasteiger charge is -2.36. The van der Waals surface area contributed by atoms with Crippen LogP contribution in [-0.2, 0) is 18.5 Å². The summed E-state index contributed by atoms with van der Waals surface area (Å²) in [6, 6.07) is 53.0. The molecule has 8 rings (SSSR count). The molecule has 0 saturated carbocycles. The number of aryl methyl sites for hydroxylation is 3. The summed E-state index contributed by atoms with van der Waals surface area (Å²) in [4.78, 5) is 9.87. The van der Waals surface area contributed by atoms with Crippen LogP contribution in [-0.4, -0.2) is 34.7 Å². The fraction of sp³-hybridized carbons (Fsp3) is 0.152. The molecule has 5 aromatic carbocycles. The highest BCUT2D eigenvalue weighted by atomic mass is 15.6. The molecule has 53 heavy (non-hydrogen) atoms. The normalized spacial score (nSPS) is 12.2. The minimum absolute atomic E-state index is 0.679. The van der Waals surface area contributed by atoms with Crippen molar-refractivity contribution in [3.05, 3.63) is 208 Å². The Bertz CT molecular complexity index is 2420. The van der Waals surface area contributed by atoms with Gasteiger partial charge in [0.1, 0.15) is 16.9 Å². The van der Waals surface area contributed by atoms with Crippen molar-refractivity contribution in [1.82, 2.24) is 34.7 Å². The second kappa shape index (κ2) is 14.3. The van der Waals surface area contributed by atoms with E-state index in [1.807, 2.05) is 35.9 Å². The minimum Gasteiger partial charge on any atom is -0.308 e. The van der Waals surface area contributed by atoms with Gasteiger partial charge in [0.15, 0.2) is 11.5 Å². The Morgan fingerprint density at radius 3 is 1.72 bits per heavy atom. The Hall–Kier alpha value is -6.47. The number of pyridine rings is 1. The van der Waals surface area contributed by atoms with E-state index in [9.17, 15) is 0 Å². The fourth-order valence-corrected chi connectivity index (χ4v) is 7.71. The van der Waals surface area contributed by atoms with Gasteiger partial charge in [-0.2, -0.15) is 0 Å². The summed E-state index contributed by atoms with van der Waals surface area (Å²) < 4.78 is 4.26. The highest BCUT2D eigenvalue weighted by Gasteiger charge is 2.42. The molecular weight excluding hydrogens is 651 g/mol. The fourth-order valence-electron chi connectivity index (χ4n) is 7.71. The third-order valence-electron chi connectivity index (χ3n) is 10.1. The Morgan fingerprint density at radius 2 is 1.17 bits per heavy atom. The van der Waals surface area contributed by atoms with E-state index in [0.29, 0.717) is 12.4 Å². The standard InChI is InChI=1S/C46H41N7/c1-5-41-48-43-32(2)30-33(3)47-45(43)52(41)31-35-26-28-37(29-27-35)42(36-18-10-6-11-19-36)34(4)44-49-50-51-53(44)46(38-20-12-7-13-21-38,39-22-14-8-15-23-39)40-24-16-9-17-25-40/h6-30H,5,31H2,1-4H3/b42-34-. The summed E-state index contributed by atoms with van der Waals surface area (Å²) in [6.45, 7) is 9.13. The Balaban J connectivity index is 1.30. The van der Waals surface area contributed by atoms with Gasteiger partial charge in [0.05, 0.1) is 6.54 Å².